The molecule has 0 saturated heterocycles. The summed E-state index contributed by atoms with van der Waals surface area (Å²) in [6, 6.07) is 9.88. The number of aliphatic hydroxyl groups is 1. The summed E-state index contributed by atoms with van der Waals surface area (Å²) in [5.74, 6) is 0.809. The number of rotatable bonds is 4. The quantitative estimate of drug-likeness (QED) is 0.829. The maximum Gasteiger partial charge on any atom is 0.170 e. The molecule has 0 atom stereocenters. The van der Waals surface area contributed by atoms with Gasteiger partial charge in [-0.05, 0) is 12.8 Å². The standard InChI is InChI=1S/C12H13NO2/c14-8-4-7-11-9-13-15-12(11)10-5-2-1-3-6-10/h1-3,5-6,9,14H,4,7-8H2. The first-order chi connectivity index (χ1) is 7.42. The predicted octanol–water partition coefficient (Wildman–Crippen LogP) is 2.27. The Hall–Kier alpha value is -1.61. The highest BCUT2D eigenvalue weighted by Gasteiger charge is 2.09. The second-order valence-electron chi connectivity index (χ2n) is 3.37. The Labute approximate surface area is 88.3 Å². The smallest absolute Gasteiger partial charge is 0.170 e. The van der Waals surface area contributed by atoms with E-state index in [0.29, 0.717) is 0 Å². The first kappa shape index (κ1) is 9.93. The predicted molar refractivity (Wildman–Crippen MR) is 57.3 cm³/mol. The maximum atomic E-state index is 8.78. The van der Waals surface area contributed by atoms with Crippen molar-refractivity contribution in [3.63, 3.8) is 0 Å². The molecule has 0 saturated carbocycles. The molecule has 0 unspecified atom stereocenters. The number of aliphatic hydroxyl groups excluding tert-OH is 1. The summed E-state index contributed by atoms with van der Waals surface area (Å²) < 4.78 is 5.22. The Balaban J connectivity index is 2.25. The fourth-order valence-electron chi connectivity index (χ4n) is 1.54. The topological polar surface area (TPSA) is 46.3 Å². The van der Waals surface area contributed by atoms with Gasteiger partial charge in [0.25, 0.3) is 0 Å². The minimum Gasteiger partial charge on any atom is -0.396 e. The monoisotopic (exact) mass is 203 g/mol. The highest BCUT2D eigenvalue weighted by Crippen LogP contribution is 2.23. The van der Waals surface area contributed by atoms with Gasteiger partial charge >= 0.3 is 0 Å². The summed E-state index contributed by atoms with van der Waals surface area (Å²) in [4.78, 5) is 0. The Morgan fingerprint density at radius 3 is 2.73 bits per heavy atom. The van der Waals surface area contributed by atoms with Gasteiger partial charge in [-0.25, -0.2) is 0 Å². The number of hydrogen-bond acceptors (Lipinski definition) is 3. The Bertz CT molecular complexity index is 409. The molecule has 1 aromatic heterocycles. The summed E-state index contributed by atoms with van der Waals surface area (Å²) in [6.45, 7) is 0.194. The van der Waals surface area contributed by atoms with E-state index in [4.69, 9.17) is 9.63 Å². The van der Waals surface area contributed by atoms with Gasteiger partial charge in [0.05, 0.1) is 6.20 Å². The second-order valence-corrected chi connectivity index (χ2v) is 3.37. The Kier molecular flexibility index (Phi) is 3.15. The van der Waals surface area contributed by atoms with Crippen LogP contribution in [0, 0.1) is 0 Å². The van der Waals surface area contributed by atoms with E-state index >= 15 is 0 Å². The molecule has 15 heavy (non-hydrogen) atoms. The van der Waals surface area contributed by atoms with Crippen LogP contribution in [0.15, 0.2) is 41.1 Å². The number of aromatic nitrogens is 1. The fourth-order valence-corrected chi connectivity index (χ4v) is 1.54. The number of nitrogens with zero attached hydrogens (tertiary/aromatic N) is 1. The van der Waals surface area contributed by atoms with Crippen LogP contribution in [0.1, 0.15) is 12.0 Å². The third-order valence-electron chi connectivity index (χ3n) is 2.28. The van der Waals surface area contributed by atoms with Crippen LogP contribution >= 0.6 is 0 Å². The van der Waals surface area contributed by atoms with E-state index in [2.05, 4.69) is 5.16 Å². The van der Waals surface area contributed by atoms with Gasteiger partial charge in [-0.1, -0.05) is 35.5 Å². The van der Waals surface area contributed by atoms with Crippen molar-refractivity contribution >= 4 is 0 Å². The summed E-state index contributed by atoms with van der Waals surface area (Å²) in [7, 11) is 0. The van der Waals surface area contributed by atoms with Crippen molar-refractivity contribution in [2.24, 2.45) is 0 Å². The maximum absolute atomic E-state index is 8.78. The first-order valence-corrected chi connectivity index (χ1v) is 5.01. The molecular weight excluding hydrogens is 190 g/mol. The summed E-state index contributed by atoms with van der Waals surface area (Å²) in [5, 5.41) is 12.6. The lowest BCUT2D eigenvalue weighted by molar-refractivity contribution is 0.288. The molecule has 2 aromatic rings. The van der Waals surface area contributed by atoms with Crippen LogP contribution in [0.2, 0.25) is 0 Å². The average Bonchev–Trinajstić information content (AvgIpc) is 2.75. The number of aryl methyl sites for hydroxylation is 1. The lowest BCUT2D eigenvalue weighted by Crippen LogP contribution is -1.89. The van der Waals surface area contributed by atoms with Crippen molar-refractivity contribution in [2.45, 2.75) is 12.8 Å². The average molecular weight is 203 g/mol. The molecule has 1 N–H and O–H groups in total. The van der Waals surface area contributed by atoms with Crippen LogP contribution in [0.25, 0.3) is 11.3 Å². The van der Waals surface area contributed by atoms with E-state index in [1.165, 1.54) is 0 Å². The van der Waals surface area contributed by atoms with Gasteiger partial charge in [-0.2, -0.15) is 0 Å². The lowest BCUT2D eigenvalue weighted by atomic mass is 10.1. The van der Waals surface area contributed by atoms with E-state index in [1.807, 2.05) is 30.3 Å². The van der Waals surface area contributed by atoms with Gasteiger partial charge in [-0.15, -0.1) is 0 Å². The molecular formula is C12H13NO2. The van der Waals surface area contributed by atoms with Crippen molar-refractivity contribution in [3.05, 3.63) is 42.1 Å². The fraction of sp³-hybridized carbons (Fsp3) is 0.250. The van der Waals surface area contributed by atoms with Crippen LogP contribution in [-0.4, -0.2) is 16.9 Å². The second kappa shape index (κ2) is 4.75. The summed E-state index contributed by atoms with van der Waals surface area (Å²) >= 11 is 0. The molecule has 1 aromatic carbocycles. The highest BCUT2D eigenvalue weighted by molar-refractivity contribution is 5.60. The third-order valence-corrected chi connectivity index (χ3v) is 2.28. The molecule has 0 aliphatic heterocycles. The van der Waals surface area contributed by atoms with Gasteiger partial charge in [0, 0.05) is 17.7 Å². The van der Waals surface area contributed by atoms with Crippen LogP contribution in [-0.2, 0) is 6.42 Å². The van der Waals surface area contributed by atoms with Crippen molar-refractivity contribution in [3.8, 4) is 11.3 Å². The lowest BCUT2D eigenvalue weighted by Gasteiger charge is -1.99. The minimum atomic E-state index is 0.194. The van der Waals surface area contributed by atoms with E-state index in [1.54, 1.807) is 6.20 Å². The Morgan fingerprint density at radius 1 is 1.20 bits per heavy atom. The normalized spacial score (nSPS) is 10.5. The number of hydrogen-bond donors (Lipinski definition) is 1. The van der Waals surface area contributed by atoms with E-state index in [0.717, 1.165) is 29.7 Å². The largest absolute Gasteiger partial charge is 0.396 e. The SMILES string of the molecule is OCCCc1cnoc1-c1ccccc1. The first-order valence-electron chi connectivity index (χ1n) is 5.01. The third kappa shape index (κ3) is 2.25. The Morgan fingerprint density at radius 2 is 2.00 bits per heavy atom. The molecule has 0 aliphatic carbocycles. The van der Waals surface area contributed by atoms with Crippen LogP contribution < -0.4 is 0 Å². The van der Waals surface area contributed by atoms with Crippen LogP contribution in [0.5, 0.6) is 0 Å². The molecule has 78 valence electrons. The molecule has 3 nitrogen and oxygen atoms in total. The van der Waals surface area contributed by atoms with Crippen molar-refractivity contribution in [2.75, 3.05) is 6.61 Å². The van der Waals surface area contributed by atoms with Gasteiger partial charge in [0.2, 0.25) is 0 Å². The molecule has 1 heterocycles. The molecule has 0 radical (unpaired) electrons. The molecule has 0 aliphatic rings. The molecule has 2 rings (SSSR count). The zero-order chi connectivity index (χ0) is 10.5. The van der Waals surface area contributed by atoms with Gasteiger partial charge in [-0.3, -0.25) is 0 Å². The number of benzene rings is 1. The summed E-state index contributed by atoms with van der Waals surface area (Å²) in [6.07, 6.45) is 3.25. The van der Waals surface area contributed by atoms with Gasteiger partial charge in [0.1, 0.15) is 0 Å². The summed E-state index contributed by atoms with van der Waals surface area (Å²) in [5.41, 5.74) is 2.08. The van der Waals surface area contributed by atoms with Crippen LogP contribution in [0.4, 0.5) is 0 Å². The zero-order valence-corrected chi connectivity index (χ0v) is 8.39. The zero-order valence-electron chi connectivity index (χ0n) is 8.39. The molecule has 0 fully saturated rings. The molecule has 0 spiro atoms. The molecule has 0 bridgehead atoms. The van der Waals surface area contributed by atoms with Gasteiger partial charge in [0.15, 0.2) is 5.76 Å². The highest BCUT2D eigenvalue weighted by atomic mass is 16.5. The van der Waals surface area contributed by atoms with Crippen LogP contribution in [0.3, 0.4) is 0 Å². The van der Waals surface area contributed by atoms with Gasteiger partial charge < -0.3 is 9.63 Å². The van der Waals surface area contributed by atoms with Crippen molar-refractivity contribution < 1.29 is 9.63 Å². The van der Waals surface area contributed by atoms with Crippen molar-refractivity contribution in [1.82, 2.24) is 5.16 Å². The van der Waals surface area contributed by atoms with Crippen molar-refractivity contribution in [1.29, 1.82) is 0 Å². The van der Waals surface area contributed by atoms with E-state index < -0.39 is 0 Å². The van der Waals surface area contributed by atoms with E-state index in [-0.39, 0.29) is 6.61 Å². The minimum absolute atomic E-state index is 0.194. The molecule has 3 heteroatoms. The van der Waals surface area contributed by atoms with E-state index in [9.17, 15) is 0 Å². The molecule has 0 amide bonds.